The molecule has 3 aromatic heterocycles. The maximum absolute atomic E-state index is 4.76. The molecule has 0 unspecified atom stereocenters. The molecular weight excluding hydrogens is 262 g/mol. The highest BCUT2D eigenvalue weighted by Gasteiger charge is 2.15. The molecule has 0 aromatic carbocycles. The average molecular weight is 281 g/mol. The third kappa shape index (κ3) is 2.73. The monoisotopic (exact) mass is 281 g/mol. The summed E-state index contributed by atoms with van der Waals surface area (Å²) in [5.41, 5.74) is 3.31. The molecule has 0 saturated heterocycles. The van der Waals surface area contributed by atoms with Crippen LogP contribution in [0.15, 0.2) is 48.9 Å². The molecule has 0 atom stereocenters. The minimum Gasteiger partial charge on any atom is -0.354 e. The van der Waals surface area contributed by atoms with Crippen LogP contribution in [0.1, 0.15) is 11.3 Å². The van der Waals surface area contributed by atoms with Gasteiger partial charge in [-0.3, -0.25) is 4.98 Å². The van der Waals surface area contributed by atoms with Crippen LogP contribution in [0.25, 0.3) is 5.65 Å². The first-order valence-corrected chi connectivity index (χ1v) is 7.00. The van der Waals surface area contributed by atoms with Crippen LogP contribution in [0.5, 0.6) is 0 Å². The highest BCUT2D eigenvalue weighted by Crippen LogP contribution is 2.22. The van der Waals surface area contributed by atoms with E-state index in [0.29, 0.717) is 0 Å². The molecule has 0 spiro atoms. The summed E-state index contributed by atoms with van der Waals surface area (Å²) >= 11 is 0. The molecule has 0 radical (unpaired) electrons. The van der Waals surface area contributed by atoms with Gasteiger partial charge >= 0.3 is 0 Å². The van der Waals surface area contributed by atoms with E-state index in [4.69, 9.17) is 4.98 Å². The fraction of sp³-hybridized carbons (Fsp3) is 0.250. The first-order chi connectivity index (χ1) is 10.3. The van der Waals surface area contributed by atoms with Crippen molar-refractivity contribution in [2.24, 2.45) is 0 Å². The van der Waals surface area contributed by atoms with Crippen molar-refractivity contribution in [2.45, 2.75) is 13.1 Å². The Balaban J connectivity index is 1.96. The van der Waals surface area contributed by atoms with Gasteiger partial charge in [0.05, 0.1) is 5.69 Å². The van der Waals surface area contributed by atoms with Crippen molar-refractivity contribution in [1.29, 1.82) is 0 Å². The molecule has 21 heavy (non-hydrogen) atoms. The van der Waals surface area contributed by atoms with Crippen LogP contribution in [0.3, 0.4) is 0 Å². The van der Waals surface area contributed by atoms with Gasteiger partial charge in [-0.1, -0.05) is 12.1 Å². The van der Waals surface area contributed by atoms with E-state index in [1.54, 1.807) is 6.20 Å². The highest BCUT2D eigenvalue weighted by atomic mass is 15.2. The number of fused-ring (bicyclic) bond motifs is 1. The quantitative estimate of drug-likeness (QED) is 0.778. The SMILES string of the molecule is CNCc1c(N(C)Cc2cccnc2)nc2ccccn12. The summed E-state index contributed by atoms with van der Waals surface area (Å²) in [6.45, 7) is 1.56. The Morgan fingerprint density at radius 1 is 1.24 bits per heavy atom. The Morgan fingerprint density at radius 2 is 2.14 bits per heavy atom. The van der Waals surface area contributed by atoms with Crippen LogP contribution in [0, 0.1) is 0 Å². The van der Waals surface area contributed by atoms with Crippen molar-refractivity contribution >= 4 is 11.5 Å². The normalized spacial score (nSPS) is 11.0. The lowest BCUT2D eigenvalue weighted by molar-refractivity contribution is 0.771. The fourth-order valence-corrected chi connectivity index (χ4v) is 2.51. The molecule has 0 aliphatic rings. The topological polar surface area (TPSA) is 45.5 Å². The number of rotatable bonds is 5. The Bertz CT molecular complexity index is 720. The van der Waals surface area contributed by atoms with Gasteiger partial charge in [-0.05, 0) is 30.8 Å². The molecule has 0 amide bonds. The van der Waals surface area contributed by atoms with Gasteiger partial charge in [0.2, 0.25) is 0 Å². The van der Waals surface area contributed by atoms with E-state index in [1.165, 1.54) is 11.3 Å². The van der Waals surface area contributed by atoms with Crippen molar-refractivity contribution in [2.75, 3.05) is 19.0 Å². The second-order valence-electron chi connectivity index (χ2n) is 5.06. The van der Waals surface area contributed by atoms with E-state index in [1.807, 2.05) is 37.5 Å². The van der Waals surface area contributed by atoms with Gasteiger partial charge in [-0.2, -0.15) is 0 Å². The van der Waals surface area contributed by atoms with Gasteiger partial charge in [0.1, 0.15) is 5.65 Å². The van der Waals surface area contributed by atoms with Crippen LogP contribution in [0.2, 0.25) is 0 Å². The Hall–Kier alpha value is -2.40. The minimum atomic E-state index is 0.776. The van der Waals surface area contributed by atoms with E-state index < -0.39 is 0 Å². The van der Waals surface area contributed by atoms with Crippen molar-refractivity contribution in [3.8, 4) is 0 Å². The Labute approximate surface area is 124 Å². The maximum atomic E-state index is 4.76. The van der Waals surface area contributed by atoms with Gasteiger partial charge < -0.3 is 14.6 Å². The van der Waals surface area contributed by atoms with Crippen molar-refractivity contribution in [3.63, 3.8) is 0 Å². The molecule has 0 bridgehead atoms. The molecule has 0 aliphatic carbocycles. The zero-order valence-electron chi connectivity index (χ0n) is 12.3. The summed E-state index contributed by atoms with van der Waals surface area (Å²) in [6.07, 6.45) is 5.74. The number of aromatic nitrogens is 3. The summed E-state index contributed by atoms with van der Waals surface area (Å²) in [5, 5.41) is 3.22. The maximum Gasteiger partial charge on any atom is 0.152 e. The molecule has 3 rings (SSSR count). The predicted molar refractivity (Wildman–Crippen MR) is 84.3 cm³/mol. The van der Waals surface area contributed by atoms with E-state index >= 15 is 0 Å². The van der Waals surface area contributed by atoms with Crippen LogP contribution in [-0.2, 0) is 13.1 Å². The number of pyridine rings is 2. The minimum absolute atomic E-state index is 0.776. The van der Waals surface area contributed by atoms with Crippen molar-refractivity contribution in [3.05, 3.63) is 60.2 Å². The Morgan fingerprint density at radius 3 is 2.90 bits per heavy atom. The van der Waals surface area contributed by atoms with Crippen LogP contribution < -0.4 is 10.2 Å². The number of nitrogens with zero attached hydrogens (tertiary/aromatic N) is 4. The highest BCUT2D eigenvalue weighted by molar-refractivity contribution is 5.55. The van der Waals surface area contributed by atoms with Crippen molar-refractivity contribution < 1.29 is 0 Å². The number of nitrogens with one attached hydrogen (secondary N) is 1. The molecule has 3 aromatic rings. The van der Waals surface area contributed by atoms with E-state index in [-0.39, 0.29) is 0 Å². The van der Waals surface area contributed by atoms with Gasteiger partial charge in [0, 0.05) is 38.7 Å². The molecular formula is C16H19N5. The molecule has 3 heterocycles. The molecule has 1 N–H and O–H groups in total. The second kappa shape index (κ2) is 5.93. The first-order valence-electron chi connectivity index (χ1n) is 7.00. The smallest absolute Gasteiger partial charge is 0.152 e. The lowest BCUT2D eigenvalue weighted by atomic mass is 10.2. The van der Waals surface area contributed by atoms with Gasteiger partial charge in [-0.15, -0.1) is 0 Å². The first kappa shape index (κ1) is 13.6. The average Bonchev–Trinajstić information content (AvgIpc) is 2.88. The summed E-state index contributed by atoms with van der Waals surface area (Å²) < 4.78 is 2.13. The Kier molecular flexibility index (Phi) is 3.83. The lowest BCUT2D eigenvalue weighted by Crippen LogP contribution is -2.20. The largest absolute Gasteiger partial charge is 0.354 e. The third-order valence-electron chi connectivity index (χ3n) is 3.46. The molecule has 0 saturated carbocycles. The summed E-state index contributed by atoms with van der Waals surface area (Å²) in [6, 6.07) is 10.1. The van der Waals surface area contributed by atoms with Gasteiger partial charge in [-0.25, -0.2) is 4.98 Å². The summed E-state index contributed by atoms with van der Waals surface area (Å²) in [5.74, 6) is 0.999. The van der Waals surface area contributed by atoms with Crippen LogP contribution in [-0.4, -0.2) is 28.5 Å². The molecule has 5 heteroatoms. The number of hydrogen-bond acceptors (Lipinski definition) is 4. The summed E-state index contributed by atoms with van der Waals surface area (Å²) in [7, 11) is 4.02. The second-order valence-corrected chi connectivity index (χ2v) is 5.06. The van der Waals surface area contributed by atoms with E-state index in [9.17, 15) is 0 Å². The van der Waals surface area contributed by atoms with E-state index in [2.05, 4.69) is 38.9 Å². The zero-order chi connectivity index (χ0) is 14.7. The van der Waals surface area contributed by atoms with Gasteiger partial charge in [0.15, 0.2) is 5.82 Å². The van der Waals surface area contributed by atoms with Crippen LogP contribution in [0.4, 0.5) is 5.82 Å². The van der Waals surface area contributed by atoms with Crippen molar-refractivity contribution in [1.82, 2.24) is 19.7 Å². The number of imidazole rings is 1. The summed E-state index contributed by atoms with van der Waals surface area (Å²) in [4.78, 5) is 11.1. The molecule has 0 fully saturated rings. The fourth-order valence-electron chi connectivity index (χ4n) is 2.51. The lowest BCUT2D eigenvalue weighted by Gasteiger charge is -2.18. The zero-order valence-corrected chi connectivity index (χ0v) is 12.3. The predicted octanol–water partition coefficient (Wildman–Crippen LogP) is 2.09. The van der Waals surface area contributed by atoms with Crippen LogP contribution >= 0.6 is 0 Å². The molecule has 5 nitrogen and oxygen atoms in total. The molecule has 108 valence electrons. The standard InChI is InChI=1S/C16H19N5/c1-17-11-14-16(19-15-7-3-4-9-21(14)15)20(2)12-13-6-5-8-18-10-13/h3-10,17H,11-12H2,1-2H3. The third-order valence-corrected chi connectivity index (χ3v) is 3.46. The van der Waals surface area contributed by atoms with E-state index in [0.717, 1.165) is 24.6 Å². The number of hydrogen-bond donors (Lipinski definition) is 1. The van der Waals surface area contributed by atoms with Gasteiger partial charge in [0.25, 0.3) is 0 Å². The molecule has 0 aliphatic heterocycles. The number of anilines is 1.